The first-order chi connectivity index (χ1) is 9.75. The number of allylic oxidation sites excluding steroid dienone is 2. The molecular weight excluding hydrogens is 260 g/mol. The van der Waals surface area contributed by atoms with Gasteiger partial charge in [-0.25, -0.2) is 0 Å². The SMILES string of the molecule is CC(C)=CCCC(C)CCc1c(C)c(O)c(C)c(C)c1O. The number of phenolic OH excluding ortho intramolecular Hbond substituents is 2. The van der Waals surface area contributed by atoms with E-state index in [4.69, 9.17) is 0 Å². The van der Waals surface area contributed by atoms with Crippen LogP contribution in [0.1, 0.15) is 62.3 Å². The highest BCUT2D eigenvalue weighted by Crippen LogP contribution is 2.37. The third-order valence-corrected chi connectivity index (χ3v) is 4.47. The van der Waals surface area contributed by atoms with Gasteiger partial charge in [0, 0.05) is 5.56 Å². The van der Waals surface area contributed by atoms with Crippen molar-refractivity contribution in [2.45, 2.75) is 67.2 Å². The standard InChI is InChI=1S/C19H30O2/c1-12(2)8-7-9-13(3)10-11-17-16(6)18(20)14(4)15(5)19(17)21/h8,13,20-21H,7,9-11H2,1-6H3. The van der Waals surface area contributed by atoms with Gasteiger partial charge in [0.15, 0.2) is 0 Å². The van der Waals surface area contributed by atoms with E-state index >= 15 is 0 Å². The van der Waals surface area contributed by atoms with Crippen LogP contribution in [0.2, 0.25) is 0 Å². The summed E-state index contributed by atoms with van der Waals surface area (Å²) >= 11 is 0. The van der Waals surface area contributed by atoms with E-state index in [9.17, 15) is 10.2 Å². The average molecular weight is 290 g/mol. The Morgan fingerprint density at radius 3 is 2.10 bits per heavy atom. The van der Waals surface area contributed by atoms with Gasteiger partial charge in [0.1, 0.15) is 11.5 Å². The minimum absolute atomic E-state index is 0.331. The zero-order chi connectivity index (χ0) is 16.2. The summed E-state index contributed by atoms with van der Waals surface area (Å²) in [6.07, 6.45) is 6.42. The maximum absolute atomic E-state index is 10.3. The Hall–Kier alpha value is -1.44. The first-order valence-electron chi connectivity index (χ1n) is 7.89. The Bertz CT molecular complexity index is 494. The molecule has 1 atom stereocenters. The van der Waals surface area contributed by atoms with Crippen LogP contribution in [0.4, 0.5) is 0 Å². The van der Waals surface area contributed by atoms with Crippen LogP contribution in [0.3, 0.4) is 0 Å². The normalized spacial score (nSPS) is 12.3. The van der Waals surface area contributed by atoms with Crippen molar-refractivity contribution in [3.05, 3.63) is 33.9 Å². The second kappa shape index (κ2) is 7.53. The van der Waals surface area contributed by atoms with Crippen molar-refractivity contribution in [1.82, 2.24) is 0 Å². The van der Waals surface area contributed by atoms with E-state index in [0.717, 1.165) is 41.5 Å². The van der Waals surface area contributed by atoms with E-state index < -0.39 is 0 Å². The quantitative estimate of drug-likeness (QED) is 0.548. The van der Waals surface area contributed by atoms with Gasteiger partial charge in [-0.3, -0.25) is 0 Å². The summed E-state index contributed by atoms with van der Waals surface area (Å²) in [5, 5.41) is 20.5. The monoisotopic (exact) mass is 290 g/mol. The molecule has 2 nitrogen and oxygen atoms in total. The molecule has 2 heteroatoms. The molecule has 0 saturated heterocycles. The van der Waals surface area contributed by atoms with Gasteiger partial charge in [-0.15, -0.1) is 0 Å². The molecule has 0 radical (unpaired) electrons. The van der Waals surface area contributed by atoms with Crippen molar-refractivity contribution >= 4 is 0 Å². The summed E-state index contributed by atoms with van der Waals surface area (Å²) < 4.78 is 0. The Morgan fingerprint density at radius 1 is 0.952 bits per heavy atom. The van der Waals surface area contributed by atoms with Crippen LogP contribution in [-0.4, -0.2) is 10.2 Å². The van der Waals surface area contributed by atoms with Crippen LogP contribution in [0.5, 0.6) is 11.5 Å². The lowest BCUT2D eigenvalue weighted by molar-refractivity contribution is 0.435. The summed E-state index contributed by atoms with van der Waals surface area (Å²) in [4.78, 5) is 0. The highest BCUT2D eigenvalue weighted by Gasteiger charge is 2.16. The summed E-state index contributed by atoms with van der Waals surface area (Å²) in [5.41, 5.74) is 4.68. The Kier molecular flexibility index (Phi) is 6.32. The highest BCUT2D eigenvalue weighted by molar-refractivity contribution is 5.56. The summed E-state index contributed by atoms with van der Waals surface area (Å²) in [7, 11) is 0. The molecular formula is C19H30O2. The third-order valence-electron chi connectivity index (χ3n) is 4.47. The maximum atomic E-state index is 10.3. The molecule has 0 bridgehead atoms. The first-order valence-corrected chi connectivity index (χ1v) is 7.89. The van der Waals surface area contributed by atoms with E-state index in [1.165, 1.54) is 12.0 Å². The van der Waals surface area contributed by atoms with E-state index in [2.05, 4.69) is 26.8 Å². The van der Waals surface area contributed by atoms with Crippen molar-refractivity contribution in [2.75, 3.05) is 0 Å². The van der Waals surface area contributed by atoms with Crippen LogP contribution < -0.4 is 0 Å². The highest BCUT2D eigenvalue weighted by atomic mass is 16.3. The molecule has 0 spiro atoms. The molecule has 1 rings (SSSR count). The average Bonchev–Trinajstić information content (AvgIpc) is 2.42. The summed E-state index contributed by atoms with van der Waals surface area (Å²) in [6.45, 7) is 12.1. The molecule has 0 aromatic heterocycles. The van der Waals surface area contributed by atoms with Crippen molar-refractivity contribution in [3.8, 4) is 11.5 Å². The lowest BCUT2D eigenvalue weighted by Crippen LogP contribution is -2.01. The van der Waals surface area contributed by atoms with Gasteiger partial charge >= 0.3 is 0 Å². The number of hydrogen-bond acceptors (Lipinski definition) is 2. The van der Waals surface area contributed by atoms with Crippen LogP contribution in [0, 0.1) is 26.7 Å². The Balaban J connectivity index is 2.74. The lowest BCUT2D eigenvalue weighted by Gasteiger charge is -2.17. The number of aromatic hydroxyl groups is 2. The Labute approximate surface area is 129 Å². The molecule has 0 aliphatic heterocycles. The number of hydrogen-bond donors (Lipinski definition) is 2. The summed E-state index contributed by atoms with van der Waals surface area (Å²) in [6, 6.07) is 0. The molecule has 1 aromatic carbocycles. The largest absolute Gasteiger partial charge is 0.507 e. The molecule has 0 saturated carbocycles. The van der Waals surface area contributed by atoms with E-state index in [0.29, 0.717) is 17.4 Å². The van der Waals surface area contributed by atoms with Crippen molar-refractivity contribution in [1.29, 1.82) is 0 Å². The van der Waals surface area contributed by atoms with E-state index in [-0.39, 0.29) is 0 Å². The van der Waals surface area contributed by atoms with Gasteiger partial charge in [0.2, 0.25) is 0 Å². The molecule has 0 aliphatic rings. The Morgan fingerprint density at radius 2 is 1.52 bits per heavy atom. The van der Waals surface area contributed by atoms with Gasteiger partial charge in [0.25, 0.3) is 0 Å². The molecule has 2 N–H and O–H groups in total. The minimum Gasteiger partial charge on any atom is -0.507 e. The fourth-order valence-electron chi connectivity index (χ4n) is 2.68. The number of phenols is 2. The maximum Gasteiger partial charge on any atom is 0.122 e. The van der Waals surface area contributed by atoms with Gasteiger partial charge in [0.05, 0.1) is 0 Å². The van der Waals surface area contributed by atoms with Crippen molar-refractivity contribution in [2.24, 2.45) is 5.92 Å². The smallest absolute Gasteiger partial charge is 0.122 e. The van der Waals surface area contributed by atoms with Gasteiger partial charge in [-0.05, 0) is 82.9 Å². The second-order valence-electron chi connectivity index (χ2n) is 6.55. The van der Waals surface area contributed by atoms with Crippen LogP contribution in [-0.2, 0) is 6.42 Å². The van der Waals surface area contributed by atoms with Gasteiger partial charge in [-0.1, -0.05) is 18.6 Å². The van der Waals surface area contributed by atoms with Crippen LogP contribution >= 0.6 is 0 Å². The molecule has 1 aromatic rings. The fourth-order valence-corrected chi connectivity index (χ4v) is 2.68. The van der Waals surface area contributed by atoms with Crippen molar-refractivity contribution < 1.29 is 10.2 Å². The molecule has 0 fully saturated rings. The molecule has 118 valence electrons. The van der Waals surface area contributed by atoms with E-state index in [1.807, 2.05) is 20.8 Å². The number of rotatable bonds is 6. The number of benzene rings is 1. The van der Waals surface area contributed by atoms with Crippen molar-refractivity contribution in [3.63, 3.8) is 0 Å². The van der Waals surface area contributed by atoms with Gasteiger partial charge in [-0.2, -0.15) is 0 Å². The minimum atomic E-state index is 0.331. The lowest BCUT2D eigenvalue weighted by atomic mass is 9.91. The summed E-state index contributed by atoms with van der Waals surface area (Å²) in [5.74, 6) is 1.31. The fraction of sp³-hybridized carbons (Fsp3) is 0.579. The molecule has 0 heterocycles. The second-order valence-corrected chi connectivity index (χ2v) is 6.55. The van der Waals surface area contributed by atoms with Crippen LogP contribution in [0.25, 0.3) is 0 Å². The predicted molar refractivity (Wildman–Crippen MR) is 90.1 cm³/mol. The van der Waals surface area contributed by atoms with Gasteiger partial charge < -0.3 is 10.2 Å². The zero-order valence-electron chi connectivity index (χ0n) is 14.4. The van der Waals surface area contributed by atoms with E-state index in [1.54, 1.807) is 0 Å². The molecule has 0 amide bonds. The predicted octanol–water partition coefficient (Wildman–Crippen LogP) is 5.34. The third kappa shape index (κ3) is 4.52. The topological polar surface area (TPSA) is 40.5 Å². The molecule has 0 aliphatic carbocycles. The first kappa shape index (κ1) is 17.6. The zero-order valence-corrected chi connectivity index (χ0v) is 14.4. The van der Waals surface area contributed by atoms with Crippen LogP contribution in [0.15, 0.2) is 11.6 Å². The molecule has 21 heavy (non-hydrogen) atoms. The molecule has 1 unspecified atom stereocenters.